The third kappa shape index (κ3) is 2.71. The number of hydrogen-bond donors (Lipinski definition) is 0. The SMILES string of the molecule is C=CC(=O)N1CC=C(c2nc(-c3cnn(C)c3)cn3ncc(C)c23)CC1. The molecule has 1 amide bonds. The first-order chi connectivity index (χ1) is 12.6. The number of carbonyl (C=O) groups excluding carboxylic acids is 1. The number of amides is 1. The van der Waals surface area contributed by atoms with Crippen molar-refractivity contribution in [1.29, 1.82) is 0 Å². The zero-order valence-electron chi connectivity index (χ0n) is 14.9. The van der Waals surface area contributed by atoms with Crippen molar-refractivity contribution in [2.24, 2.45) is 7.05 Å². The Labute approximate surface area is 151 Å². The molecule has 0 saturated carbocycles. The van der Waals surface area contributed by atoms with E-state index >= 15 is 0 Å². The third-order valence-corrected chi connectivity index (χ3v) is 4.68. The lowest BCUT2D eigenvalue weighted by Gasteiger charge is -2.25. The van der Waals surface area contributed by atoms with Crippen LogP contribution in [0.15, 0.2) is 43.5 Å². The molecule has 1 aliphatic rings. The number of hydrogen-bond acceptors (Lipinski definition) is 4. The number of aromatic nitrogens is 5. The van der Waals surface area contributed by atoms with Crippen LogP contribution in [0.4, 0.5) is 0 Å². The van der Waals surface area contributed by atoms with Crippen LogP contribution in [0.5, 0.6) is 0 Å². The van der Waals surface area contributed by atoms with Crippen molar-refractivity contribution in [3.05, 3.63) is 54.8 Å². The molecule has 0 spiro atoms. The smallest absolute Gasteiger partial charge is 0.246 e. The molecular formula is C19H20N6O. The van der Waals surface area contributed by atoms with Crippen molar-refractivity contribution in [2.45, 2.75) is 13.3 Å². The van der Waals surface area contributed by atoms with E-state index in [1.54, 1.807) is 15.8 Å². The molecule has 0 unspecified atom stereocenters. The summed E-state index contributed by atoms with van der Waals surface area (Å²) in [5, 5.41) is 8.71. The third-order valence-electron chi connectivity index (χ3n) is 4.68. The summed E-state index contributed by atoms with van der Waals surface area (Å²) >= 11 is 0. The van der Waals surface area contributed by atoms with E-state index in [0.717, 1.165) is 40.0 Å². The molecule has 0 bridgehead atoms. The molecule has 0 aromatic carbocycles. The summed E-state index contributed by atoms with van der Waals surface area (Å²) in [6, 6.07) is 0. The highest BCUT2D eigenvalue weighted by Crippen LogP contribution is 2.29. The van der Waals surface area contributed by atoms with Crippen LogP contribution in [-0.4, -0.2) is 48.3 Å². The molecule has 3 aromatic rings. The van der Waals surface area contributed by atoms with Crippen molar-refractivity contribution in [1.82, 2.24) is 29.3 Å². The minimum absolute atomic E-state index is 0.0388. The van der Waals surface area contributed by atoms with Crippen LogP contribution < -0.4 is 0 Å². The van der Waals surface area contributed by atoms with E-state index in [-0.39, 0.29) is 5.91 Å². The van der Waals surface area contributed by atoms with Gasteiger partial charge in [0.1, 0.15) is 0 Å². The lowest BCUT2D eigenvalue weighted by Crippen LogP contribution is -2.33. The van der Waals surface area contributed by atoms with E-state index in [2.05, 4.69) is 22.9 Å². The maximum Gasteiger partial charge on any atom is 0.246 e. The molecule has 0 atom stereocenters. The quantitative estimate of drug-likeness (QED) is 0.681. The van der Waals surface area contributed by atoms with Crippen LogP contribution in [0, 0.1) is 6.92 Å². The van der Waals surface area contributed by atoms with Crippen molar-refractivity contribution in [2.75, 3.05) is 13.1 Å². The standard InChI is InChI=1S/C19H20N6O/c1-4-17(26)24-7-5-14(6-8-24)18-19-13(2)9-21-25(19)12-16(22-18)15-10-20-23(3)11-15/h4-5,9-12H,1,6-8H2,2-3H3. The molecular weight excluding hydrogens is 328 g/mol. The summed E-state index contributed by atoms with van der Waals surface area (Å²) in [5.41, 5.74) is 5.92. The van der Waals surface area contributed by atoms with E-state index in [9.17, 15) is 4.79 Å². The van der Waals surface area contributed by atoms with Crippen molar-refractivity contribution in [3.63, 3.8) is 0 Å². The van der Waals surface area contributed by atoms with Crippen LogP contribution in [0.25, 0.3) is 22.3 Å². The number of carbonyl (C=O) groups is 1. The van der Waals surface area contributed by atoms with E-state index in [0.29, 0.717) is 13.1 Å². The topological polar surface area (TPSA) is 68.3 Å². The summed E-state index contributed by atoms with van der Waals surface area (Å²) in [4.78, 5) is 18.5. The largest absolute Gasteiger partial charge is 0.335 e. The van der Waals surface area contributed by atoms with Gasteiger partial charge in [0.2, 0.25) is 5.91 Å². The maximum atomic E-state index is 11.8. The molecule has 3 aromatic heterocycles. The molecule has 0 aliphatic carbocycles. The zero-order valence-corrected chi connectivity index (χ0v) is 14.9. The minimum atomic E-state index is -0.0388. The Morgan fingerprint density at radius 2 is 2.12 bits per heavy atom. The van der Waals surface area contributed by atoms with Crippen LogP contribution >= 0.6 is 0 Å². The van der Waals surface area contributed by atoms with Crippen molar-refractivity contribution < 1.29 is 4.79 Å². The summed E-state index contributed by atoms with van der Waals surface area (Å²) in [6.45, 7) is 6.83. The first kappa shape index (κ1) is 16.3. The van der Waals surface area contributed by atoms with Crippen LogP contribution in [-0.2, 0) is 11.8 Å². The van der Waals surface area contributed by atoms with Gasteiger partial charge in [-0.3, -0.25) is 9.48 Å². The van der Waals surface area contributed by atoms with E-state index in [4.69, 9.17) is 4.98 Å². The second-order valence-corrected chi connectivity index (χ2v) is 6.47. The fourth-order valence-corrected chi connectivity index (χ4v) is 3.29. The van der Waals surface area contributed by atoms with Crippen LogP contribution in [0.3, 0.4) is 0 Å². The Kier molecular flexibility index (Phi) is 3.91. The van der Waals surface area contributed by atoms with Gasteiger partial charge in [-0.2, -0.15) is 10.2 Å². The van der Waals surface area contributed by atoms with E-state index < -0.39 is 0 Å². The normalized spacial score (nSPS) is 14.5. The fraction of sp³-hybridized carbons (Fsp3) is 0.263. The van der Waals surface area contributed by atoms with Gasteiger partial charge in [-0.15, -0.1) is 0 Å². The lowest BCUT2D eigenvalue weighted by molar-refractivity contribution is -0.125. The molecule has 26 heavy (non-hydrogen) atoms. The number of fused-ring (bicyclic) bond motifs is 1. The molecule has 0 saturated heterocycles. The number of aryl methyl sites for hydroxylation is 2. The Bertz CT molecular complexity index is 1040. The van der Waals surface area contributed by atoms with Gasteiger partial charge in [0, 0.05) is 31.9 Å². The Hall–Kier alpha value is -3.22. The number of nitrogens with zero attached hydrogens (tertiary/aromatic N) is 6. The van der Waals surface area contributed by atoms with Gasteiger partial charge in [0.25, 0.3) is 0 Å². The van der Waals surface area contributed by atoms with Crippen molar-refractivity contribution >= 4 is 17.0 Å². The van der Waals surface area contributed by atoms with Crippen LogP contribution in [0.1, 0.15) is 17.7 Å². The molecule has 7 heteroatoms. The van der Waals surface area contributed by atoms with Gasteiger partial charge in [-0.05, 0) is 30.6 Å². The Morgan fingerprint density at radius 1 is 1.27 bits per heavy atom. The van der Waals surface area contributed by atoms with E-state index in [1.807, 2.05) is 37.1 Å². The van der Waals surface area contributed by atoms with Gasteiger partial charge >= 0.3 is 0 Å². The van der Waals surface area contributed by atoms with Gasteiger partial charge in [-0.25, -0.2) is 9.50 Å². The first-order valence-electron chi connectivity index (χ1n) is 8.51. The average Bonchev–Trinajstić information content (AvgIpc) is 3.26. The lowest BCUT2D eigenvalue weighted by atomic mass is 10.0. The minimum Gasteiger partial charge on any atom is -0.335 e. The molecule has 7 nitrogen and oxygen atoms in total. The Balaban J connectivity index is 1.81. The molecule has 4 rings (SSSR count). The fourth-order valence-electron chi connectivity index (χ4n) is 3.29. The van der Waals surface area contributed by atoms with Gasteiger partial charge in [0.15, 0.2) is 0 Å². The highest BCUT2D eigenvalue weighted by molar-refractivity contribution is 5.88. The molecule has 4 heterocycles. The predicted octanol–water partition coefficient (Wildman–Crippen LogP) is 2.24. The van der Waals surface area contributed by atoms with Crippen LogP contribution in [0.2, 0.25) is 0 Å². The summed E-state index contributed by atoms with van der Waals surface area (Å²) in [6.07, 6.45) is 11.7. The highest BCUT2D eigenvalue weighted by Gasteiger charge is 2.20. The molecule has 132 valence electrons. The predicted molar refractivity (Wildman–Crippen MR) is 99.3 cm³/mol. The average molecular weight is 348 g/mol. The van der Waals surface area contributed by atoms with Gasteiger partial charge in [0.05, 0.1) is 35.5 Å². The Morgan fingerprint density at radius 3 is 2.77 bits per heavy atom. The monoisotopic (exact) mass is 348 g/mol. The summed E-state index contributed by atoms with van der Waals surface area (Å²) in [5.74, 6) is -0.0388. The number of rotatable bonds is 3. The molecule has 0 fully saturated rings. The van der Waals surface area contributed by atoms with Gasteiger partial charge in [-0.1, -0.05) is 12.7 Å². The van der Waals surface area contributed by atoms with Crippen molar-refractivity contribution in [3.8, 4) is 11.3 Å². The first-order valence-corrected chi connectivity index (χ1v) is 8.51. The summed E-state index contributed by atoms with van der Waals surface area (Å²) in [7, 11) is 1.88. The maximum absolute atomic E-state index is 11.8. The van der Waals surface area contributed by atoms with E-state index in [1.165, 1.54) is 6.08 Å². The second kappa shape index (κ2) is 6.25. The molecule has 0 radical (unpaired) electrons. The zero-order chi connectivity index (χ0) is 18.3. The highest BCUT2D eigenvalue weighted by atomic mass is 16.2. The molecule has 0 N–H and O–H groups in total. The van der Waals surface area contributed by atoms with Gasteiger partial charge < -0.3 is 4.90 Å². The molecule has 1 aliphatic heterocycles. The summed E-state index contributed by atoms with van der Waals surface area (Å²) < 4.78 is 3.63. The second-order valence-electron chi connectivity index (χ2n) is 6.47.